The predicted octanol–water partition coefficient (Wildman–Crippen LogP) is 2.52. The number of carbonyl (C=O) groups is 2. The topological polar surface area (TPSA) is 92.8 Å². The summed E-state index contributed by atoms with van der Waals surface area (Å²) in [6, 6.07) is 4.54. The zero-order valence-electron chi connectivity index (χ0n) is 14.8. The molecule has 1 aliphatic heterocycles. The molecule has 1 heterocycles. The van der Waals surface area contributed by atoms with E-state index in [0.29, 0.717) is 25.1 Å². The Hall–Kier alpha value is -1.64. The van der Waals surface area contributed by atoms with Crippen molar-refractivity contribution in [2.45, 2.75) is 26.7 Å². The van der Waals surface area contributed by atoms with Crippen LogP contribution in [0.25, 0.3) is 0 Å². The number of carbonyl (C=O) groups excluding carboxylic acids is 2. The molecule has 0 bridgehead atoms. The molecule has 1 N–H and O–H groups in total. The Kier molecular flexibility index (Phi) is 7.02. The number of rotatable bonds is 6. The summed E-state index contributed by atoms with van der Waals surface area (Å²) in [5.41, 5.74) is 0.674. The molecule has 1 fully saturated rings. The Morgan fingerprint density at radius 2 is 2.08 bits per heavy atom. The molecule has 1 unspecified atom stereocenters. The van der Waals surface area contributed by atoms with Crippen molar-refractivity contribution in [1.29, 1.82) is 0 Å². The van der Waals surface area contributed by atoms with Crippen LogP contribution in [0.4, 0.5) is 5.69 Å². The number of halogens is 1. The van der Waals surface area contributed by atoms with Gasteiger partial charge in [-0.25, -0.2) is 17.5 Å². The highest BCUT2D eigenvalue weighted by Crippen LogP contribution is 2.24. The van der Waals surface area contributed by atoms with Gasteiger partial charge in [0.05, 0.1) is 28.9 Å². The average Bonchev–Trinajstić information content (AvgIpc) is 2.62. The lowest BCUT2D eigenvalue weighted by Crippen LogP contribution is -2.44. The summed E-state index contributed by atoms with van der Waals surface area (Å²) in [5, 5.41) is 2.92. The second-order valence-corrected chi connectivity index (χ2v) is 8.67. The molecule has 0 aromatic heterocycles. The molecule has 1 atom stereocenters. The fourth-order valence-corrected chi connectivity index (χ4v) is 4.24. The van der Waals surface area contributed by atoms with Crippen molar-refractivity contribution < 1.29 is 22.7 Å². The molecule has 144 valence electrons. The zero-order chi connectivity index (χ0) is 19.3. The third-order valence-electron chi connectivity index (χ3n) is 4.25. The maximum atomic E-state index is 12.5. The molecule has 1 saturated heterocycles. The van der Waals surface area contributed by atoms with Crippen molar-refractivity contribution in [2.75, 3.05) is 30.8 Å². The van der Waals surface area contributed by atoms with Crippen LogP contribution < -0.4 is 5.32 Å². The minimum absolute atomic E-state index is 0.0201. The van der Waals surface area contributed by atoms with E-state index in [1.54, 1.807) is 19.9 Å². The van der Waals surface area contributed by atoms with Crippen LogP contribution in [-0.4, -0.2) is 50.0 Å². The van der Waals surface area contributed by atoms with Crippen LogP contribution in [0.15, 0.2) is 18.2 Å². The normalized spacial score (nSPS) is 18.3. The number of esters is 1. The second kappa shape index (κ2) is 8.83. The van der Waals surface area contributed by atoms with E-state index in [1.807, 2.05) is 0 Å². The van der Waals surface area contributed by atoms with Gasteiger partial charge in [0.2, 0.25) is 15.9 Å². The minimum Gasteiger partial charge on any atom is -0.462 e. The Morgan fingerprint density at radius 3 is 2.69 bits per heavy atom. The molecule has 1 aromatic carbocycles. The third kappa shape index (κ3) is 4.96. The van der Waals surface area contributed by atoms with Crippen LogP contribution in [0, 0.1) is 5.92 Å². The number of benzene rings is 1. The van der Waals surface area contributed by atoms with Gasteiger partial charge >= 0.3 is 5.97 Å². The smallest absolute Gasteiger partial charge is 0.339 e. The number of nitrogens with one attached hydrogen (secondary N) is 1. The predicted molar refractivity (Wildman–Crippen MR) is 99.8 cm³/mol. The van der Waals surface area contributed by atoms with Gasteiger partial charge in [-0.15, -0.1) is 0 Å². The molecule has 1 aliphatic rings. The summed E-state index contributed by atoms with van der Waals surface area (Å²) < 4.78 is 30.3. The highest BCUT2D eigenvalue weighted by molar-refractivity contribution is 7.89. The number of piperidine rings is 1. The molecule has 2 rings (SSSR count). The first-order valence-electron chi connectivity index (χ1n) is 8.53. The van der Waals surface area contributed by atoms with E-state index in [1.165, 1.54) is 16.4 Å². The van der Waals surface area contributed by atoms with Gasteiger partial charge in [0.15, 0.2) is 0 Å². The Bertz CT molecular complexity index is 781. The molecular formula is C17H23ClN2O5S. The second-order valence-electron chi connectivity index (χ2n) is 6.00. The molecular weight excluding hydrogens is 380 g/mol. The minimum atomic E-state index is -3.31. The third-order valence-corrected chi connectivity index (χ3v) is 6.41. The van der Waals surface area contributed by atoms with Crippen LogP contribution in [0.1, 0.15) is 37.0 Å². The summed E-state index contributed by atoms with van der Waals surface area (Å²) in [6.45, 7) is 4.15. The summed E-state index contributed by atoms with van der Waals surface area (Å²) in [4.78, 5) is 24.2. The Morgan fingerprint density at radius 1 is 1.35 bits per heavy atom. The maximum absolute atomic E-state index is 12.5. The highest BCUT2D eigenvalue weighted by Gasteiger charge is 2.31. The van der Waals surface area contributed by atoms with E-state index in [4.69, 9.17) is 16.3 Å². The standard InChI is InChI=1S/C17H23ClN2O5S/c1-3-25-17(22)14-8-7-13(10-15(14)18)19-16(21)12-6-5-9-20(11-12)26(23,24)4-2/h7-8,10,12H,3-6,9,11H2,1-2H3,(H,19,21). The van der Waals surface area contributed by atoms with Gasteiger partial charge in [-0.2, -0.15) is 0 Å². The van der Waals surface area contributed by atoms with Gasteiger partial charge in [0, 0.05) is 18.8 Å². The van der Waals surface area contributed by atoms with Crippen LogP contribution in [0.5, 0.6) is 0 Å². The fraction of sp³-hybridized carbons (Fsp3) is 0.529. The summed E-state index contributed by atoms with van der Waals surface area (Å²) in [6.07, 6.45) is 1.26. The number of hydrogen-bond acceptors (Lipinski definition) is 5. The molecule has 9 heteroatoms. The van der Waals surface area contributed by atoms with E-state index < -0.39 is 21.9 Å². The highest BCUT2D eigenvalue weighted by atomic mass is 35.5. The number of sulfonamides is 1. The van der Waals surface area contributed by atoms with Gasteiger partial charge in [-0.05, 0) is 44.9 Å². The van der Waals surface area contributed by atoms with Crippen molar-refractivity contribution in [2.24, 2.45) is 5.92 Å². The SMILES string of the molecule is CCOC(=O)c1ccc(NC(=O)C2CCCN(S(=O)(=O)CC)C2)cc1Cl. The molecule has 7 nitrogen and oxygen atoms in total. The Balaban J connectivity index is 2.05. The summed E-state index contributed by atoms with van der Waals surface area (Å²) in [7, 11) is -3.31. The van der Waals surface area contributed by atoms with Crippen molar-refractivity contribution in [1.82, 2.24) is 4.31 Å². The molecule has 0 saturated carbocycles. The molecule has 0 spiro atoms. The van der Waals surface area contributed by atoms with Gasteiger partial charge in [0.25, 0.3) is 0 Å². The lowest BCUT2D eigenvalue weighted by Gasteiger charge is -2.30. The van der Waals surface area contributed by atoms with Crippen molar-refractivity contribution in [3.63, 3.8) is 0 Å². The maximum Gasteiger partial charge on any atom is 0.339 e. The van der Waals surface area contributed by atoms with Crippen LogP contribution in [-0.2, 0) is 19.6 Å². The molecule has 1 amide bonds. The molecule has 0 radical (unpaired) electrons. The molecule has 1 aromatic rings. The van der Waals surface area contributed by atoms with Crippen LogP contribution in [0.3, 0.4) is 0 Å². The molecule has 26 heavy (non-hydrogen) atoms. The zero-order valence-corrected chi connectivity index (χ0v) is 16.4. The first-order chi connectivity index (χ1) is 12.3. The van der Waals surface area contributed by atoms with E-state index >= 15 is 0 Å². The average molecular weight is 403 g/mol. The van der Waals surface area contributed by atoms with Crippen molar-refractivity contribution in [3.8, 4) is 0 Å². The quantitative estimate of drug-likeness (QED) is 0.738. The monoisotopic (exact) mass is 402 g/mol. The van der Waals surface area contributed by atoms with Crippen LogP contribution in [0.2, 0.25) is 5.02 Å². The van der Waals surface area contributed by atoms with E-state index in [-0.39, 0.29) is 35.4 Å². The number of nitrogens with zero attached hydrogens (tertiary/aromatic N) is 1. The number of ether oxygens (including phenoxy) is 1. The van der Waals surface area contributed by atoms with Gasteiger partial charge in [0.1, 0.15) is 0 Å². The molecule has 0 aliphatic carbocycles. The lowest BCUT2D eigenvalue weighted by atomic mass is 9.98. The first-order valence-corrected chi connectivity index (χ1v) is 10.5. The summed E-state index contributed by atoms with van der Waals surface area (Å²) in [5.74, 6) is -1.19. The first kappa shape index (κ1) is 20.7. The van der Waals surface area contributed by atoms with E-state index in [9.17, 15) is 18.0 Å². The fourth-order valence-electron chi connectivity index (χ4n) is 2.80. The van der Waals surface area contributed by atoms with E-state index in [0.717, 1.165) is 0 Å². The van der Waals surface area contributed by atoms with Crippen molar-refractivity contribution >= 4 is 39.2 Å². The number of anilines is 1. The number of hydrogen-bond donors (Lipinski definition) is 1. The number of amides is 1. The van der Waals surface area contributed by atoms with Gasteiger partial charge in [-0.3, -0.25) is 4.79 Å². The largest absolute Gasteiger partial charge is 0.462 e. The van der Waals surface area contributed by atoms with E-state index in [2.05, 4.69) is 5.32 Å². The summed E-state index contributed by atoms with van der Waals surface area (Å²) >= 11 is 6.09. The van der Waals surface area contributed by atoms with Crippen LogP contribution >= 0.6 is 11.6 Å². The Labute approximate surface area is 158 Å². The van der Waals surface area contributed by atoms with Crippen molar-refractivity contribution in [3.05, 3.63) is 28.8 Å². The van der Waals surface area contributed by atoms with Gasteiger partial charge in [-0.1, -0.05) is 11.6 Å². The lowest BCUT2D eigenvalue weighted by molar-refractivity contribution is -0.120. The van der Waals surface area contributed by atoms with Gasteiger partial charge < -0.3 is 10.1 Å².